The number of hydrogen-bond acceptors (Lipinski definition) is 6. The molecule has 1 N–H and O–H groups in total. The summed E-state index contributed by atoms with van der Waals surface area (Å²) < 4.78 is 5.89. The minimum atomic E-state index is -0.495. The number of carbonyl (C=O) groups excluding carboxylic acids is 1. The lowest BCUT2D eigenvalue weighted by Crippen LogP contribution is -2.30. The van der Waals surface area contributed by atoms with Gasteiger partial charge in [0.25, 0.3) is 11.6 Å². The second-order valence-electron chi connectivity index (χ2n) is 8.65. The number of nitro benzene ring substituents is 1. The minimum absolute atomic E-state index is 0.0823. The molecule has 178 valence electrons. The van der Waals surface area contributed by atoms with Gasteiger partial charge in [0.15, 0.2) is 5.58 Å². The van der Waals surface area contributed by atoms with Crippen LogP contribution in [0.3, 0.4) is 0 Å². The summed E-state index contributed by atoms with van der Waals surface area (Å²) in [5.41, 5.74) is 4.09. The SMILES string of the molecule is Cc1ccc2nc(-c3ccc(Cl)c(NC(=O)c4ccc(N5CCCCC5)c([N+](=O)[O-])c4)c3)oc2c1. The van der Waals surface area contributed by atoms with E-state index in [-0.39, 0.29) is 11.3 Å². The van der Waals surface area contributed by atoms with Crippen LogP contribution in [-0.2, 0) is 0 Å². The Balaban J connectivity index is 1.42. The Kier molecular flexibility index (Phi) is 6.13. The van der Waals surface area contributed by atoms with Crippen molar-refractivity contribution >= 4 is 45.7 Å². The van der Waals surface area contributed by atoms with Gasteiger partial charge in [0.2, 0.25) is 5.89 Å². The molecule has 4 aromatic rings. The Morgan fingerprint density at radius 1 is 1.09 bits per heavy atom. The molecule has 1 aliphatic rings. The van der Waals surface area contributed by atoms with Gasteiger partial charge in [-0.25, -0.2) is 4.98 Å². The fourth-order valence-corrected chi connectivity index (χ4v) is 4.48. The molecule has 5 rings (SSSR count). The number of anilines is 2. The molecular formula is C26H23ClN4O4. The lowest BCUT2D eigenvalue weighted by atomic mass is 10.1. The Morgan fingerprint density at radius 3 is 2.66 bits per heavy atom. The average molecular weight is 491 g/mol. The van der Waals surface area contributed by atoms with Crippen molar-refractivity contribution < 1.29 is 14.1 Å². The van der Waals surface area contributed by atoms with Crippen molar-refractivity contribution in [2.24, 2.45) is 0 Å². The molecule has 35 heavy (non-hydrogen) atoms. The van der Waals surface area contributed by atoms with Crippen LogP contribution in [0.25, 0.3) is 22.6 Å². The van der Waals surface area contributed by atoms with Gasteiger partial charge in [-0.05, 0) is 74.2 Å². The summed E-state index contributed by atoms with van der Waals surface area (Å²) in [4.78, 5) is 30.8. The molecule has 0 spiro atoms. The summed E-state index contributed by atoms with van der Waals surface area (Å²) in [5, 5.41) is 14.9. The van der Waals surface area contributed by atoms with Crippen molar-refractivity contribution in [2.75, 3.05) is 23.3 Å². The zero-order valence-electron chi connectivity index (χ0n) is 19.1. The van der Waals surface area contributed by atoms with Gasteiger partial charge in [-0.15, -0.1) is 0 Å². The summed E-state index contributed by atoms with van der Waals surface area (Å²) in [7, 11) is 0. The topological polar surface area (TPSA) is 102 Å². The minimum Gasteiger partial charge on any atom is -0.436 e. The highest BCUT2D eigenvalue weighted by Gasteiger charge is 2.23. The largest absolute Gasteiger partial charge is 0.436 e. The number of aromatic nitrogens is 1. The van der Waals surface area contributed by atoms with Crippen LogP contribution in [0, 0.1) is 17.0 Å². The third-order valence-corrected chi connectivity index (χ3v) is 6.47. The first kappa shape index (κ1) is 22.9. The number of amides is 1. The Hall–Kier alpha value is -3.91. The lowest BCUT2D eigenvalue weighted by Gasteiger charge is -2.28. The van der Waals surface area contributed by atoms with Gasteiger partial charge in [0.1, 0.15) is 11.2 Å². The van der Waals surface area contributed by atoms with Crippen LogP contribution in [0.1, 0.15) is 35.2 Å². The Morgan fingerprint density at radius 2 is 1.89 bits per heavy atom. The number of aryl methyl sites for hydroxylation is 1. The van der Waals surface area contributed by atoms with E-state index in [9.17, 15) is 14.9 Å². The molecule has 1 saturated heterocycles. The number of piperidine rings is 1. The van der Waals surface area contributed by atoms with Gasteiger partial charge in [0.05, 0.1) is 15.6 Å². The quantitative estimate of drug-likeness (QED) is 0.249. The van der Waals surface area contributed by atoms with Crippen molar-refractivity contribution in [3.05, 3.63) is 80.9 Å². The van der Waals surface area contributed by atoms with E-state index in [2.05, 4.69) is 10.3 Å². The van der Waals surface area contributed by atoms with Crippen LogP contribution in [0.2, 0.25) is 5.02 Å². The molecule has 1 aromatic heterocycles. The first-order valence-electron chi connectivity index (χ1n) is 11.4. The van der Waals surface area contributed by atoms with Crippen LogP contribution >= 0.6 is 11.6 Å². The highest BCUT2D eigenvalue weighted by molar-refractivity contribution is 6.34. The van der Waals surface area contributed by atoms with Gasteiger partial charge in [-0.3, -0.25) is 14.9 Å². The number of rotatable bonds is 5. The number of nitrogens with zero attached hydrogens (tertiary/aromatic N) is 3. The maximum atomic E-state index is 13.0. The number of halogens is 1. The number of carbonyl (C=O) groups is 1. The number of nitrogens with one attached hydrogen (secondary N) is 1. The van der Waals surface area contributed by atoms with Crippen molar-refractivity contribution in [3.8, 4) is 11.5 Å². The van der Waals surface area contributed by atoms with Crippen molar-refractivity contribution in [2.45, 2.75) is 26.2 Å². The molecule has 0 bridgehead atoms. The fraction of sp³-hybridized carbons (Fsp3) is 0.231. The van der Waals surface area contributed by atoms with Crippen LogP contribution < -0.4 is 10.2 Å². The first-order valence-corrected chi connectivity index (χ1v) is 11.8. The van der Waals surface area contributed by atoms with Gasteiger partial charge in [0, 0.05) is 30.3 Å². The maximum absolute atomic E-state index is 13.0. The molecule has 9 heteroatoms. The summed E-state index contributed by atoms with van der Waals surface area (Å²) in [5.74, 6) is -0.0928. The fourth-order valence-electron chi connectivity index (χ4n) is 4.32. The molecule has 1 aliphatic heterocycles. The smallest absolute Gasteiger partial charge is 0.293 e. The number of nitro groups is 1. The predicted octanol–water partition coefficient (Wildman–Crippen LogP) is 6.61. The monoisotopic (exact) mass is 490 g/mol. The van der Waals surface area contributed by atoms with Gasteiger partial charge in [-0.2, -0.15) is 0 Å². The highest BCUT2D eigenvalue weighted by atomic mass is 35.5. The van der Waals surface area contributed by atoms with E-state index in [1.54, 1.807) is 30.3 Å². The van der Waals surface area contributed by atoms with E-state index in [1.807, 2.05) is 30.0 Å². The molecular weight excluding hydrogens is 468 g/mol. The maximum Gasteiger partial charge on any atom is 0.293 e. The Bertz CT molecular complexity index is 1440. The Labute approximate surface area is 206 Å². The molecule has 0 atom stereocenters. The second kappa shape index (κ2) is 9.38. The van der Waals surface area contributed by atoms with Gasteiger partial charge < -0.3 is 14.6 Å². The van der Waals surface area contributed by atoms with Crippen molar-refractivity contribution in [3.63, 3.8) is 0 Å². The van der Waals surface area contributed by atoms with Crippen molar-refractivity contribution in [1.82, 2.24) is 4.98 Å². The normalized spacial score (nSPS) is 13.7. The van der Waals surface area contributed by atoms with Gasteiger partial charge >= 0.3 is 0 Å². The van der Waals surface area contributed by atoms with E-state index >= 15 is 0 Å². The molecule has 1 amide bonds. The van der Waals surface area contributed by atoms with E-state index in [0.717, 1.165) is 43.4 Å². The first-order chi connectivity index (χ1) is 16.9. The van der Waals surface area contributed by atoms with E-state index in [0.29, 0.717) is 33.4 Å². The van der Waals surface area contributed by atoms with E-state index < -0.39 is 10.8 Å². The van der Waals surface area contributed by atoms with Crippen LogP contribution in [0.4, 0.5) is 17.1 Å². The standard InChI is InChI=1S/C26H23ClN4O4/c1-16-5-9-20-24(13-16)35-26(29-20)18-6-8-19(27)21(14-18)28-25(32)17-7-10-22(23(15-17)31(33)34)30-11-3-2-4-12-30/h5-10,13-15H,2-4,11-12H2,1H3,(H,28,32). The number of fused-ring (bicyclic) bond motifs is 1. The number of hydrogen-bond donors (Lipinski definition) is 1. The summed E-state index contributed by atoms with van der Waals surface area (Å²) in [6, 6.07) is 15.4. The third kappa shape index (κ3) is 4.70. The zero-order valence-corrected chi connectivity index (χ0v) is 19.8. The van der Waals surface area contributed by atoms with E-state index in [1.165, 1.54) is 6.07 Å². The molecule has 0 unspecified atom stereocenters. The molecule has 0 aliphatic carbocycles. The second-order valence-corrected chi connectivity index (χ2v) is 9.05. The van der Waals surface area contributed by atoms with Crippen LogP contribution in [0.15, 0.2) is 59.0 Å². The average Bonchev–Trinajstić information content (AvgIpc) is 3.28. The van der Waals surface area contributed by atoms with Crippen LogP contribution in [-0.4, -0.2) is 28.9 Å². The summed E-state index contributed by atoms with van der Waals surface area (Å²) >= 11 is 6.34. The predicted molar refractivity (Wildman–Crippen MR) is 136 cm³/mol. The van der Waals surface area contributed by atoms with E-state index in [4.69, 9.17) is 16.0 Å². The third-order valence-electron chi connectivity index (χ3n) is 6.14. The lowest BCUT2D eigenvalue weighted by molar-refractivity contribution is -0.384. The van der Waals surface area contributed by atoms with Gasteiger partial charge in [-0.1, -0.05) is 17.7 Å². The molecule has 8 nitrogen and oxygen atoms in total. The molecule has 0 radical (unpaired) electrons. The number of oxazole rings is 1. The molecule has 3 aromatic carbocycles. The molecule has 2 heterocycles. The summed E-state index contributed by atoms with van der Waals surface area (Å²) in [6.07, 6.45) is 3.11. The summed E-state index contributed by atoms with van der Waals surface area (Å²) in [6.45, 7) is 3.51. The zero-order chi connectivity index (χ0) is 24.5. The molecule has 1 fully saturated rings. The highest BCUT2D eigenvalue weighted by Crippen LogP contribution is 2.33. The molecule has 0 saturated carbocycles. The van der Waals surface area contributed by atoms with Crippen molar-refractivity contribution in [1.29, 1.82) is 0 Å². The van der Waals surface area contributed by atoms with Crippen LogP contribution in [0.5, 0.6) is 0 Å². The number of benzene rings is 3.